The molecule has 0 aliphatic rings. The number of nitrogens with two attached hydrogens (primary N) is 1. The molecule has 0 radical (unpaired) electrons. The molecule has 0 aliphatic carbocycles. The van der Waals surface area contributed by atoms with Gasteiger partial charge < -0.3 is 21.5 Å². The lowest BCUT2D eigenvalue weighted by atomic mass is 10.1. The van der Waals surface area contributed by atoms with Gasteiger partial charge >= 0.3 is 12.1 Å². The van der Waals surface area contributed by atoms with E-state index in [0.717, 1.165) is 12.1 Å². The summed E-state index contributed by atoms with van der Waals surface area (Å²) in [6.45, 7) is 0.507. The Labute approximate surface area is 143 Å². The highest BCUT2D eigenvalue weighted by atomic mass is 19.4. The molecule has 0 saturated carbocycles. The zero-order valence-corrected chi connectivity index (χ0v) is 13.6. The number of halogens is 3. The Morgan fingerprint density at radius 1 is 1.16 bits per heavy atom. The van der Waals surface area contributed by atoms with E-state index in [1.165, 1.54) is 12.1 Å². The average Bonchev–Trinajstić information content (AvgIpc) is 2.53. The predicted octanol–water partition coefficient (Wildman–Crippen LogP) is 1.49. The molecule has 1 aromatic rings. The molecule has 0 aromatic heterocycles. The molecule has 0 unspecified atom stereocenters. The Morgan fingerprint density at radius 2 is 1.80 bits per heavy atom. The summed E-state index contributed by atoms with van der Waals surface area (Å²) in [4.78, 5) is 22.8. The normalized spacial score (nSPS) is 12.6. The number of hydrogen-bond acceptors (Lipinski definition) is 4. The summed E-state index contributed by atoms with van der Waals surface area (Å²) >= 11 is 0. The highest BCUT2D eigenvalue weighted by molar-refractivity contribution is 5.84. The number of carbonyl (C=O) groups is 2. The molecule has 1 atom stereocenters. The number of amides is 1. The van der Waals surface area contributed by atoms with E-state index in [9.17, 15) is 22.8 Å². The maximum Gasteiger partial charge on any atom is 0.416 e. The van der Waals surface area contributed by atoms with Gasteiger partial charge in [-0.15, -0.1) is 0 Å². The molecule has 0 aliphatic heterocycles. The van der Waals surface area contributed by atoms with Crippen molar-refractivity contribution in [1.82, 2.24) is 10.6 Å². The molecule has 0 bridgehead atoms. The zero-order chi connectivity index (χ0) is 18.9. The van der Waals surface area contributed by atoms with E-state index in [1.54, 1.807) is 0 Å². The molecule has 0 heterocycles. The lowest BCUT2D eigenvalue weighted by molar-refractivity contribution is -0.142. The van der Waals surface area contributed by atoms with Gasteiger partial charge in [-0.1, -0.05) is 12.1 Å². The van der Waals surface area contributed by atoms with E-state index in [2.05, 4.69) is 10.6 Å². The summed E-state index contributed by atoms with van der Waals surface area (Å²) in [6.07, 6.45) is -2.84. The first kappa shape index (κ1) is 20.9. The molecule has 0 saturated heterocycles. The van der Waals surface area contributed by atoms with Crippen LogP contribution in [0.2, 0.25) is 0 Å². The monoisotopic (exact) mass is 361 g/mol. The number of alkyl halides is 3. The minimum absolute atomic E-state index is 0.137. The van der Waals surface area contributed by atoms with E-state index in [0.29, 0.717) is 24.9 Å². The Bertz CT molecular complexity index is 562. The van der Waals surface area contributed by atoms with Crippen LogP contribution in [0.5, 0.6) is 0 Å². The fourth-order valence-corrected chi connectivity index (χ4v) is 2.13. The number of hydrogen-bond donors (Lipinski definition) is 4. The van der Waals surface area contributed by atoms with Crippen LogP contribution in [0.25, 0.3) is 0 Å². The van der Waals surface area contributed by atoms with Crippen LogP contribution in [0.15, 0.2) is 24.3 Å². The minimum Gasteiger partial charge on any atom is -0.480 e. The molecule has 25 heavy (non-hydrogen) atoms. The molecule has 140 valence electrons. The second kappa shape index (κ2) is 10.00. The van der Waals surface area contributed by atoms with Crippen LogP contribution in [-0.4, -0.2) is 36.1 Å². The van der Waals surface area contributed by atoms with Crippen molar-refractivity contribution in [3.8, 4) is 0 Å². The van der Waals surface area contributed by atoms with Crippen molar-refractivity contribution in [3.05, 3.63) is 35.4 Å². The second-order valence-electron chi connectivity index (χ2n) is 5.54. The number of carbonyl (C=O) groups excluding carboxylic acids is 1. The van der Waals surface area contributed by atoms with Crippen LogP contribution in [0.4, 0.5) is 13.2 Å². The van der Waals surface area contributed by atoms with Gasteiger partial charge in [-0.05, 0) is 43.5 Å². The molecule has 0 fully saturated rings. The fourth-order valence-electron chi connectivity index (χ4n) is 2.13. The smallest absolute Gasteiger partial charge is 0.416 e. The molecular weight excluding hydrogens is 339 g/mol. The van der Waals surface area contributed by atoms with Gasteiger partial charge in [0.1, 0.15) is 6.04 Å². The van der Waals surface area contributed by atoms with Gasteiger partial charge in [0.15, 0.2) is 0 Å². The van der Waals surface area contributed by atoms with Gasteiger partial charge in [-0.3, -0.25) is 4.79 Å². The molecule has 1 amide bonds. The molecule has 0 spiro atoms. The van der Waals surface area contributed by atoms with E-state index < -0.39 is 29.7 Å². The highest BCUT2D eigenvalue weighted by Gasteiger charge is 2.29. The Kier molecular flexibility index (Phi) is 8.36. The van der Waals surface area contributed by atoms with Gasteiger partial charge in [-0.2, -0.15) is 13.2 Å². The van der Waals surface area contributed by atoms with Crippen molar-refractivity contribution < 1.29 is 27.9 Å². The average molecular weight is 361 g/mol. The first-order valence-corrected chi connectivity index (χ1v) is 7.83. The van der Waals surface area contributed by atoms with Crippen molar-refractivity contribution >= 4 is 11.9 Å². The standard InChI is InChI=1S/C16H22F3N3O3/c17-16(18,19)12-6-4-11(5-7-12)9-21-10-14(23)22-13(15(24)25)3-1-2-8-20/h4-7,13,21H,1-3,8-10,20H2,(H,22,23)(H,24,25)/t13-/m0/s1. The quantitative estimate of drug-likeness (QED) is 0.473. The summed E-state index contributed by atoms with van der Waals surface area (Å²) in [7, 11) is 0. The molecular formula is C16H22F3N3O3. The summed E-state index contributed by atoms with van der Waals surface area (Å²) in [5, 5.41) is 14.2. The molecule has 1 aromatic carbocycles. The number of nitrogens with one attached hydrogen (secondary N) is 2. The Morgan fingerprint density at radius 3 is 2.32 bits per heavy atom. The number of carboxylic acid groups (broad SMARTS) is 1. The van der Waals surface area contributed by atoms with Crippen LogP contribution >= 0.6 is 0 Å². The Hall–Kier alpha value is -2.13. The third-order valence-corrected chi connectivity index (χ3v) is 3.48. The van der Waals surface area contributed by atoms with Crippen LogP contribution in [0.3, 0.4) is 0 Å². The molecule has 6 nitrogen and oxygen atoms in total. The van der Waals surface area contributed by atoms with Crippen molar-refractivity contribution in [2.75, 3.05) is 13.1 Å². The van der Waals surface area contributed by atoms with Gasteiger partial charge in [0, 0.05) is 6.54 Å². The van der Waals surface area contributed by atoms with E-state index in [4.69, 9.17) is 10.8 Å². The van der Waals surface area contributed by atoms with Crippen molar-refractivity contribution in [3.63, 3.8) is 0 Å². The van der Waals surface area contributed by atoms with Crippen LogP contribution in [0.1, 0.15) is 30.4 Å². The first-order valence-electron chi connectivity index (χ1n) is 7.83. The lowest BCUT2D eigenvalue weighted by Gasteiger charge is -2.14. The summed E-state index contributed by atoms with van der Waals surface area (Å²) in [6, 6.07) is 3.59. The highest BCUT2D eigenvalue weighted by Crippen LogP contribution is 2.28. The van der Waals surface area contributed by atoms with Crippen molar-refractivity contribution in [1.29, 1.82) is 0 Å². The van der Waals surface area contributed by atoms with Crippen molar-refractivity contribution in [2.45, 2.75) is 38.0 Å². The number of benzene rings is 1. The number of carboxylic acids is 1. The minimum atomic E-state index is -4.39. The van der Waals surface area contributed by atoms with E-state index in [-0.39, 0.29) is 19.5 Å². The first-order chi connectivity index (χ1) is 11.7. The van der Waals surface area contributed by atoms with Gasteiger partial charge in [0.2, 0.25) is 5.91 Å². The van der Waals surface area contributed by atoms with Crippen LogP contribution < -0.4 is 16.4 Å². The summed E-state index contributed by atoms with van der Waals surface area (Å²) < 4.78 is 37.4. The van der Waals surface area contributed by atoms with Crippen molar-refractivity contribution in [2.24, 2.45) is 5.73 Å². The zero-order valence-electron chi connectivity index (χ0n) is 13.6. The van der Waals surface area contributed by atoms with Gasteiger partial charge in [-0.25, -0.2) is 4.79 Å². The maximum absolute atomic E-state index is 12.5. The third-order valence-electron chi connectivity index (χ3n) is 3.48. The third kappa shape index (κ3) is 7.99. The molecule has 1 rings (SSSR count). The van der Waals surface area contributed by atoms with Crippen LogP contribution in [-0.2, 0) is 22.3 Å². The number of unbranched alkanes of at least 4 members (excludes halogenated alkanes) is 1. The summed E-state index contributed by atoms with van der Waals surface area (Å²) in [5.41, 5.74) is 5.18. The van der Waals surface area contributed by atoms with E-state index in [1.807, 2.05) is 0 Å². The van der Waals surface area contributed by atoms with Crippen LogP contribution in [0, 0.1) is 0 Å². The topological polar surface area (TPSA) is 104 Å². The number of aliphatic carboxylic acids is 1. The largest absolute Gasteiger partial charge is 0.480 e. The molecule has 5 N–H and O–H groups in total. The summed E-state index contributed by atoms with van der Waals surface area (Å²) in [5.74, 6) is -1.61. The van der Waals surface area contributed by atoms with Gasteiger partial charge in [0.05, 0.1) is 12.1 Å². The Balaban J connectivity index is 2.39. The number of rotatable bonds is 10. The lowest BCUT2D eigenvalue weighted by Crippen LogP contribution is -2.44. The fraction of sp³-hybridized carbons (Fsp3) is 0.500. The molecule has 9 heteroatoms. The second-order valence-corrected chi connectivity index (χ2v) is 5.54. The van der Waals surface area contributed by atoms with Gasteiger partial charge in [0.25, 0.3) is 0 Å². The van der Waals surface area contributed by atoms with E-state index >= 15 is 0 Å². The maximum atomic E-state index is 12.5. The SMILES string of the molecule is NCCCC[C@H](NC(=O)CNCc1ccc(C(F)(F)F)cc1)C(=O)O. The predicted molar refractivity (Wildman–Crippen MR) is 85.6 cm³/mol.